The van der Waals surface area contributed by atoms with Gasteiger partial charge >= 0.3 is 0 Å². The summed E-state index contributed by atoms with van der Waals surface area (Å²) < 4.78 is 12.5. The lowest BCUT2D eigenvalue weighted by molar-refractivity contribution is 0.0917. The zero-order chi connectivity index (χ0) is 24.9. The van der Waals surface area contributed by atoms with E-state index in [4.69, 9.17) is 9.47 Å². The fraction of sp³-hybridized carbons (Fsp3) is 0.500. The van der Waals surface area contributed by atoms with Gasteiger partial charge in [-0.1, -0.05) is 19.3 Å². The fourth-order valence-corrected chi connectivity index (χ4v) is 4.19. The molecule has 1 aliphatic rings. The van der Waals surface area contributed by atoms with Gasteiger partial charge in [0.25, 0.3) is 11.8 Å². The number of amides is 2. The summed E-state index contributed by atoms with van der Waals surface area (Å²) in [4.78, 5) is 39.3. The van der Waals surface area contributed by atoms with Gasteiger partial charge in [0.2, 0.25) is 5.43 Å². The molecular formula is C26H35N3O5. The van der Waals surface area contributed by atoms with Crippen LogP contribution in [-0.2, 0) is 6.54 Å². The Bertz CT molecular complexity index is 1090. The number of rotatable bonds is 7. The second-order valence-electron chi connectivity index (χ2n) is 9.72. The topological polar surface area (TPSA) is 98.7 Å². The van der Waals surface area contributed by atoms with Crippen LogP contribution in [0, 0.1) is 0 Å². The quantitative estimate of drug-likeness (QED) is 0.642. The number of nitrogens with one attached hydrogen (secondary N) is 2. The number of hydrogen-bond donors (Lipinski definition) is 2. The first-order chi connectivity index (χ1) is 16.1. The smallest absolute Gasteiger partial charge is 0.257 e. The Morgan fingerprint density at radius 2 is 1.65 bits per heavy atom. The van der Waals surface area contributed by atoms with Crippen molar-refractivity contribution >= 4 is 11.8 Å². The van der Waals surface area contributed by atoms with E-state index in [-0.39, 0.29) is 23.7 Å². The third-order valence-corrected chi connectivity index (χ3v) is 5.95. The summed E-state index contributed by atoms with van der Waals surface area (Å²) in [5, 5.41) is 5.65. The predicted molar refractivity (Wildman–Crippen MR) is 131 cm³/mol. The van der Waals surface area contributed by atoms with Gasteiger partial charge in [-0.15, -0.1) is 0 Å². The zero-order valence-corrected chi connectivity index (χ0v) is 20.7. The summed E-state index contributed by atoms with van der Waals surface area (Å²) in [5.41, 5.74) is -0.406. The van der Waals surface area contributed by atoms with Gasteiger partial charge in [-0.3, -0.25) is 14.4 Å². The number of pyridine rings is 1. The average molecular weight is 470 g/mol. The van der Waals surface area contributed by atoms with Crippen LogP contribution in [-0.4, -0.2) is 36.1 Å². The Kier molecular flexibility index (Phi) is 8.02. The summed E-state index contributed by atoms with van der Waals surface area (Å²) in [6.45, 7) is 5.71. The summed E-state index contributed by atoms with van der Waals surface area (Å²) in [6, 6.07) is 5.46. The molecule has 0 unspecified atom stereocenters. The highest BCUT2D eigenvalue weighted by atomic mass is 16.5. The Morgan fingerprint density at radius 1 is 1.00 bits per heavy atom. The van der Waals surface area contributed by atoms with Crippen LogP contribution in [0.1, 0.15) is 85.2 Å². The van der Waals surface area contributed by atoms with Crippen molar-refractivity contribution in [3.8, 4) is 11.5 Å². The Labute approximate surface area is 200 Å². The minimum Gasteiger partial charge on any atom is -0.497 e. The highest BCUT2D eigenvalue weighted by Crippen LogP contribution is 2.28. The number of nitrogens with zero attached hydrogens (tertiary/aromatic N) is 1. The largest absolute Gasteiger partial charge is 0.497 e. The first-order valence-corrected chi connectivity index (χ1v) is 11.7. The Balaban J connectivity index is 1.92. The molecule has 0 aliphatic heterocycles. The van der Waals surface area contributed by atoms with Crippen LogP contribution in [0.25, 0.3) is 0 Å². The van der Waals surface area contributed by atoms with Gasteiger partial charge < -0.3 is 24.7 Å². The van der Waals surface area contributed by atoms with E-state index in [2.05, 4.69) is 10.6 Å². The minimum absolute atomic E-state index is 0.0184. The van der Waals surface area contributed by atoms with E-state index in [1.165, 1.54) is 6.42 Å². The number of benzene rings is 1. The molecule has 2 amide bonds. The van der Waals surface area contributed by atoms with Crippen LogP contribution in [0.3, 0.4) is 0 Å². The highest BCUT2D eigenvalue weighted by Gasteiger charge is 2.25. The number of carbonyl (C=O) groups is 2. The average Bonchev–Trinajstić information content (AvgIpc) is 2.81. The van der Waals surface area contributed by atoms with E-state index in [1.807, 2.05) is 25.3 Å². The third-order valence-electron chi connectivity index (χ3n) is 5.95. The van der Waals surface area contributed by atoms with Crippen LogP contribution in [0.4, 0.5) is 0 Å². The SMILES string of the molecule is COc1ccc(CNC(=O)c2cn(C3CCCCC3)cc(C(=O)NC(C)(C)C)c2=O)c(OC)c1. The molecule has 2 N–H and O–H groups in total. The molecule has 0 spiro atoms. The number of carbonyl (C=O) groups excluding carboxylic acids is 2. The van der Waals surface area contributed by atoms with E-state index in [9.17, 15) is 14.4 Å². The molecule has 1 aromatic heterocycles. The van der Waals surface area contributed by atoms with E-state index >= 15 is 0 Å². The van der Waals surface area contributed by atoms with E-state index in [0.29, 0.717) is 11.5 Å². The van der Waals surface area contributed by atoms with Crippen molar-refractivity contribution < 1.29 is 19.1 Å². The van der Waals surface area contributed by atoms with Crippen LogP contribution in [0.5, 0.6) is 11.5 Å². The molecular weight excluding hydrogens is 434 g/mol. The molecule has 1 heterocycles. The minimum atomic E-state index is -0.576. The lowest BCUT2D eigenvalue weighted by Gasteiger charge is -2.26. The lowest BCUT2D eigenvalue weighted by atomic mass is 9.95. The lowest BCUT2D eigenvalue weighted by Crippen LogP contribution is -2.43. The first-order valence-electron chi connectivity index (χ1n) is 11.7. The molecule has 0 bridgehead atoms. The van der Waals surface area contributed by atoms with Gasteiger partial charge in [0.1, 0.15) is 22.6 Å². The molecule has 8 heteroatoms. The van der Waals surface area contributed by atoms with Crippen molar-refractivity contribution in [2.24, 2.45) is 0 Å². The van der Waals surface area contributed by atoms with Crippen LogP contribution < -0.4 is 25.5 Å². The van der Waals surface area contributed by atoms with Crippen molar-refractivity contribution in [3.05, 3.63) is 57.5 Å². The molecule has 0 radical (unpaired) electrons. The Morgan fingerprint density at radius 3 is 2.24 bits per heavy atom. The summed E-state index contributed by atoms with van der Waals surface area (Å²) in [6.07, 6.45) is 8.43. The van der Waals surface area contributed by atoms with Gasteiger partial charge in [-0.05, 0) is 45.7 Å². The maximum absolute atomic E-state index is 13.2. The molecule has 1 aliphatic carbocycles. The van der Waals surface area contributed by atoms with Crippen molar-refractivity contribution in [3.63, 3.8) is 0 Å². The number of methoxy groups -OCH3 is 2. The van der Waals surface area contributed by atoms with E-state index in [0.717, 1.165) is 31.2 Å². The predicted octanol–water partition coefficient (Wildman–Crippen LogP) is 3.83. The third kappa shape index (κ3) is 6.18. The molecule has 1 saturated carbocycles. The van der Waals surface area contributed by atoms with Crippen molar-refractivity contribution in [1.29, 1.82) is 0 Å². The second-order valence-corrected chi connectivity index (χ2v) is 9.72. The van der Waals surface area contributed by atoms with Gasteiger partial charge in [0.05, 0.1) is 14.2 Å². The van der Waals surface area contributed by atoms with Crippen molar-refractivity contribution in [2.75, 3.05) is 14.2 Å². The summed E-state index contributed by atoms with van der Waals surface area (Å²) in [7, 11) is 3.11. The number of hydrogen-bond acceptors (Lipinski definition) is 5. The maximum Gasteiger partial charge on any atom is 0.257 e. The number of aromatic nitrogens is 1. The van der Waals surface area contributed by atoms with E-state index < -0.39 is 22.8 Å². The van der Waals surface area contributed by atoms with Crippen LogP contribution in [0.2, 0.25) is 0 Å². The molecule has 3 rings (SSSR count). The maximum atomic E-state index is 13.2. The van der Waals surface area contributed by atoms with Crippen LogP contribution >= 0.6 is 0 Å². The fourth-order valence-electron chi connectivity index (χ4n) is 4.19. The second kappa shape index (κ2) is 10.8. The summed E-state index contributed by atoms with van der Waals surface area (Å²) in [5.74, 6) is 0.198. The van der Waals surface area contributed by atoms with Crippen molar-refractivity contribution in [2.45, 2.75) is 71.0 Å². The molecule has 34 heavy (non-hydrogen) atoms. The van der Waals surface area contributed by atoms with E-state index in [1.54, 1.807) is 44.8 Å². The highest BCUT2D eigenvalue weighted by molar-refractivity contribution is 5.99. The van der Waals surface area contributed by atoms with Crippen LogP contribution in [0.15, 0.2) is 35.4 Å². The molecule has 0 atom stereocenters. The van der Waals surface area contributed by atoms with Gasteiger partial charge in [0, 0.05) is 42.1 Å². The molecule has 0 saturated heterocycles. The van der Waals surface area contributed by atoms with Gasteiger partial charge in [0.15, 0.2) is 0 Å². The van der Waals surface area contributed by atoms with Gasteiger partial charge in [-0.25, -0.2) is 0 Å². The molecule has 2 aromatic rings. The number of ether oxygens (including phenoxy) is 2. The summed E-state index contributed by atoms with van der Waals surface area (Å²) >= 11 is 0. The normalized spacial score (nSPS) is 14.4. The molecule has 1 fully saturated rings. The van der Waals surface area contributed by atoms with Crippen molar-refractivity contribution in [1.82, 2.24) is 15.2 Å². The molecule has 184 valence electrons. The zero-order valence-electron chi connectivity index (χ0n) is 20.7. The standard InChI is InChI=1S/C26H35N3O5/c1-26(2,3)28-25(32)21-16-29(18-9-7-6-8-10-18)15-20(23(21)30)24(31)27-14-17-11-12-19(33-4)13-22(17)34-5/h11-13,15-16,18H,6-10,14H2,1-5H3,(H,27,31)(H,28,32). The van der Waals surface area contributed by atoms with Gasteiger partial charge in [-0.2, -0.15) is 0 Å². The molecule has 8 nitrogen and oxygen atoms in total. The first kappa shape index (κ1) is 25.3. The Hall–Kier alpha value is -3.29. The monoisotopic (exact) mass is 469 g/mol. The molecule has 1 aromatic carbocycles.